The molecule has 14 N–H and O–H groups in total. The van der Waals surface area contributed by atoms with Gasteiger partial charge in [-0.2, -0.15) is 0 Å². The lowest BCUT2D eigenvalue weighted by molar-refractivity contribution is -0.135. The van der Waals surface area contributed by atoms with Crippen LogP contribution >= 0.6 is 0 Å². The van der Waals surface area contributed by atoms with Crippen LogP contribution in [-0.2, 0) is 40.0 Å². The predicted molar refractivity (Wildman–Crippen MR) is 201 cm³/mol. The number of amides is 6. The molecule has 2 rings (SSSR count). The van der Waals surface area contributed by atoms with Gasteiger partial charge in [0.1, 0.15) is 36.0 Å². The molecule has 1 aliphatic rings. The van der Waals surface area contributed by atoms with Crippen LogP contribution < -0.4 is 54.4 Å². The van der Waals surface area contributed by atoms with Gasteiger partial charge in [-0.25, -0.2) is 0 Å². The molecule has 1 heterocycles. The average molecular weight is 761 g/mol. The van der Waals surface area contributed by atoms with Crippen molar-refractivity contribution in [1.82, 2.24) is 37.2 Å². The van der Waals surface area contributed by atoms with Crippen LogP contribution in [0, 0.1) is 5.92 Å². The summed E-state index contributed by atoms with van der Waals surface area (Å²) < 4.78 is 0. The zero-order valence-electron chi connectivity index (χ0n) is 31.5. The summed E-state index contributed by atoms with van der Waals surface area (Å²) >= 11 is 0. The number of hydrogen-bond donors (Lipinski definition) is 11. The minimum absolute atomic E-state index is 0.00107. The Morgan fingerprint density at radius 2 is 1.39 bits per heavy atom. The van der Waals surface area contributed by atoms with Gasteiger partial charge in [0.05, 0.1) is 12.1 Å². The van der Waals surface area contributed by atoms with Gasteiger partial charge in [0, 0.05) is 25.9 Å². The van der Waals surface area contributed by atoms with Crippen LogP contribution in [0.2, 0.25) is 0 Å². The Kier molecular flexibility index (Phi) is 19.7. The minimum atomic E-state index is -1.64. The second-order valence-corrected chi connectivity index (χ2v) is 14.1. The number of carbonyl (C=O) groups excluding carboxylic acids is 7. The van der Waals surface area contributed by atoms with Crippen molar-refractivity contribution in [3.05, 3.63) is 35.9 Å². The number of nitrogens with one attached hydrogen (secondary N) is 7. The molecule has 302 valence electrons. The molecule has 1 aliphatic heterocycles. The van der Waals surface area contributed by atoms with Crippen LogP contribution in [0.1, 0.15) is 64.9 Å². The van der Waals surface area contributed by atoms with E-state index in [1.54, 1.807) is 30.3 Å². The van der Waals surface area contributed by atoms with Crippen molar-refractivity contribution in [3.63, 3.8) is 0 Å². The molecule has 1 aromatic rings. The quantitative estimate of drug-likeness (QED) is 0.0928. The third-order valence-corrected chi connectivity index (χ3v) is 8.93. The van der Waals surface area contributed by atoms with Gasteiger partial charge in [-0.05, 0) is 70.1 Å². The van der Waals surface area contributed by atoms with Gasteiger partial charge in [0.25, 0.3) is 0 Å². The largest absolute Gasteiger partial charge is 0.391 e. The fraction of sp³-hybridized carbons (Fsp3) is 0.639. The molecular formula is C36H60N10O8. The molecule has 1 aromatic carbocycles. The van der Waals surface area contributed by atoms with Crippen LogP contribution in [0.3, 0.4) is 0 Å². The number of aliphatic hydroxyl groups is 1. The SMILES string of the molecule is CC(C)C[C@@H]1NC(=O)[C@@H](Cc2ccccc2)NC(=O)[C@H](CCN)NC(=O)CCCNC(=O)C([C@@H](C)O)NC(=O)[C@H](CCN)NC[C@](C=O)(CCN)NC1=O. The first-order valence-corrected chi connectivity index (χ1v) is 18.5. The summed E-state index contributed by atoms with van der Waals surface area (Å²) in [5.74, 6) is -4.08. The fourth-order valence-electron chi connectivity index (χ4n) is 5.95. The van der Waals surface area contributed by atoms with E-state index in [0.29, 0.717) is 11.8 Å². The molecular weight excluding hydrogens is 700 g/mol. The standard InChI is InChI=1S/C36H60N10O8/c1-22(2)18-27-34(53)46-36(21-47,13-16-39)20-41-25(11-14-37)31(50)45-30(23(3)48)35(54)40-17-7-10-29(49)42-26(12-15-38)32(51)44-28(33(52)43-27)19-24-8-5-4-6-9-24/h4-6,8-9,21-23,25-28,30,41,48H,7,10-20,37-39H2,1-3H3,(H,40,54)(H,42,49)(H,43,52)(H,44,51)(H,45,50)(H,46,53)/t23-,25+,26+,27+,28-,30?,36+/m1/s1. The number of rotatable bonds is 12. The highest BCUT2D eigenvalue weighted by atomic mass is 16.3. The Morgan fingerprint density at radius 3 is 1.98 bits per heavy atom. The van der Waals surface area contributed by atoms with E-state index >= 15 is 0 Å². The summed E-state index contributed by atoms with van der Waals surface area (Å²) in [7, 11) is 0. The molecule has 1 unspecified atom stereocenters. The summed E-state index contributed by atoms with van der Waals surface area (Å²) in [4.78, 5) is 93.7. The molecule has 7 atom stereocenters. The second-order valence-electron chi connectivity index (χ2n) is 14.1. The molecule has 18 nitrogen and oxygen atoms in total. The molecule has 0 aromatic heterocycles. The smallest absolute Gasteiger partial charge is 0.245 e. The number of aldehydes is 1. The predicted octanol–water partition coefficient (Wildman–Crippen LogP) is -3.44. The third-order valence-electron chi connectivity index (χ3n) is 8.93. The molecule has 1 fully saturated rings. The number of nitrogens with two attached hydrogens (primary N) is 3. The van der Waals surface area contributed by atoms with E-state index in [4.69, 9.17) is 17.2 Å². The first-order valence-electron chi connectivity index (χ1n) is 18.5. The van der Waals surface area contributed by atoms with E-state index in [0.717, 1.165) is 0 Å². The summed E-state index contributed by atoms with van der Waals surface area (Å²) in [5.41, 5.74) is 16.5. The number of carbonyl (C=O) groups is 7. The highest BCUT2D eigenvalue weighted by Gasteiger charge is 2.37. The molecule has 0 aliphatic carbocycles. The molecule has 54 heavy (non-hydrogen) atoms. The monoisotopic (exact) mass is 760 g/mol. The fourth-order valence-corrected chi connectivity index (χ4v) is 5.95. The maximum atomic E-state index is 14.0. The zero-order valence-corrected chi connectivity index (χ0v) is 31.5. The highest BCUT2D eigenvalue weighted by molar-refractivity contribution is 5.95. The molecule has 1 saturated heterocycles. The lowest BCUT2D eigenvalue weighted by Gasteiger charge is -2.34. The zero-order chi connectivity index (χ0) is 40.3. The second kappa shape index (κ2) is 23.3. The topological polar surface area (TPSA) is 302 Å². The molecule has 0 saturated carbocycles. The van der Waals surface area contributed by atoms with Crippen LogP contribution in [0.25, 0.3) is 0 Å². The van der Waals surface area contributed by atoms with Gasteiger partial charge < -0.3 is 64.3 Å². The van der Waals surface area contributed by atoms with Crippen molar-refractivity contribution in [1.29, 1.82) is 0 Å². The molecule has 0 bridgehead atoms. The molecule has 18 heteroatoms. The van der Waals surface area contributed by atoms with Crippen molar-refractivity contribution in [3.8, 4) is 0 Å². The van der Waals surface area contributed by atoms with E-state index in [9.17, 15) is 38.7 Å². The van der Waals surface area contributed by atoms with Gasteiger partial charge in [0.15, 0.2) is 0 Å². The van der Waals surface area contributed by atoms with Gasteiger partial charge in [-0.3, -0.25) is 28.8 Å². The van der Waals surface area contributed by atoms with Crippen molar-refractivity contribution in [2.75, 3.05) is 32.7 Å². The van der Waals surface area contributed by atoms with Crippen LogP contribution in [0.4, 0.5) is 0 Å². The lowest BCUT2D eigenvalue weighted by Crippen LogP contribution is -2.64. The Morgan fingerprint density at radius 1 is 0.778 bits per heavy atom. The third kappa shape index (κ3) is 15.1. The van der Waals surface area contributed by atoms with Crippen LogP contribution in [0.5, 0.6) is 0 Å². The van der Waals surface area contributed by atoms with Crippen molar-refractivity contribution in [2.45, 2.75) is 108 Å². The van der Waals surface area contributed by atoms with E-state index in [1.807, 2.05) is 13.8 Å². The van der Waals surface area contributed by atoms with E-state index in [-0.39, 0.29) is 83.6 Å². The Hall–Kier alpha value is -4.49. The Labute approximate surface area is 316 Å². The number of hydrogen-bond acceptors (Lipinski definition) is 12. The van der Waals surface area contributed by atoms with Gasteiger partial charge in [-0.15, -0.1) is 0 Å². The Bertz CT molecular complexity index is 1400. The molecule has 6 amide bonds. The highest BCUT2D eigenvalue weighted by Crippen LogP contribution is 2.13. The van der Waals surface area contributed by atoms with Gasteiger partial charge in [-0.1, -0.05) is 44.2 Å². The summed E-state index contributed by atoms with van der Waals surface area (Å²) in [6.45, 7) is 4.77. The van der Waals surface area contributed by atoms with E-state index in [1.165, 1.54) is 6.92 Å². The number of aliphatic hydroxyl groups excluding tert-OH is 1. The van der Waals surface area contributed by atoms with Crippen molar-refractivity contribution >= 4 is 41.7 Å². The van der Waals surface area contributed by atoms with Crippen molar-refractivity contribution < 1.29 is 38.7 Å². The number of benzene rings is 1. The first kappa shape index (κ1) is 45.7. The summed E-state index contributed by atoms with van der Waals surface area (Å²) in [5, 5.41) is 29.3. The van der Waals surface area contributed by atoms with Gasteiger partial charge >= 0.3 is 0 Å². The van der Waals surface area contributed by atoms with Crippen molar-refractivity contribution in [2.24, 2.45) is 23.1 Å². The normalized spacial score (nSPS) is 26.7. The molecule has 0 radical (unpaired) electrons. The minimum Gasteiger partial charge on any atom is -0.391 e. The molecule has 0 spiro atoms. The van der Waals surface area contributed by atoms with E-state index < -0.39 is 77.3 Å². The Balaban J connectivity index is 2.58. The van der Waals surface area contributed by atoms with E-state index in [2.05, 4.69) is 37.2 Å². The average Bonchev–Trinajstić information content (AvgIpc) is 3.12. The maximum absolute atomic E-state index is 14.0. The van der Waals surface area contributed by atoms with Crippen LogP contribution in [-0.4, -0.2) is 121 Å². The van der Waals surface area contributed by atoms with Crippen LogP contribution in [0.15, 0.2) is 30.3 Å². The first-order chi connectivity index (χ1) is 25.7. The summed E-state index contributed by atoms with van der Waals surface area (Å²) in [6, 6.07) is 3.02. The summed E-state index contributed by atoms with van der Waals surface area (Å²) in [6.07, 6.45) is -0.481. The maximum Gasteiger partial charge on any atom is 0.245 e. The lowest BCUT2D eigenvalue weighted by atomic mass is 9.94. The van der Waals surface area contributed by atoms with Gasteiger partial charge in [0.2, 0.25) is 35.4 Å².